The quantitative estimate of drug-likeness (QED) is 0.428. The van der Waals surface area contributed by atoms with Gasteiger partial charge in [-0.05, 0) is 19.4 Å². The molecule has 0 aliphatic rings. The predicted molar refractivity (Wildman–Crippen MR) is 63.1 cm³/mol. The van der Waals surface area contributed by atoms with Crippen molar-refractivity contribution in [2.75, 3.05) is 39.2 Å². The number of alkyl halides is 1. The number of ether oxygens (including phenoxy) is 1. The number of nitriles is 1. The second kappa shape index (κ2) is 11.8. The van der Waals surface area contributed by atoms with E-state index in [9.17, 15) is 0 Å². The van der Waals surface area contributed by atoms with Gasteiger partial charge in [-0.2, -0.15) is 5.26 Å². The summed E-state index contributed by atoms with van der Waals surface area (Å²) in [6, 6.07) is 2.17. The van der Waals surface area contributed by atoms with Crippen LogP contribution in [0.5, 0.6) is 0 Å². The molecule has 0 aliphatic heterocycles. The van der Waals surface area contributed by atoms with Crippen LogP contribution < -0.4 is 0 Å². The van der Waals surface area contributed by atoms with E-state index >= 15 is 0 Å². The Morgan fingerprint density at radius 3 is 2.60 bits per heavy atom. The van der Waals surface area contributed by atoms with Crippen LogP contribution in [0.4, 0.5) is 0 Å². The molecule has 0 rings (SSSR count). The fourth-order valence-corrected chi connectivity index (χ4v) is 1.56. The van der Waals surface area contributed by atoms with Gasteiger partial charge in [-0.15, -0.1) is 11.6 Å². The van der Waals surface area contributed by atoms with Crippen molar-refractivity contribution in [2.24, 2.45) is 0 Å². The normalized spacial score (nSPS) is 10.5. The molecule has 0 unspecified atom stereocenters. The van der Waals surface area contributed by atoms with E-state index < -0.39 is 0 Å². The molecule has 0 saturated heterocycles. The van der Waals surface area contributed by atoms with Gasteiger partial charge in [0.25, 0.3) is 0 Å². The molecule has 0 N–H and O–H groups in total. The van der Waals surface area contributed by atoms with Crippen molar-refractivity contribution in [2.45, 2.75) is 25.7 Å². The molecular weight excluding hydrogens is 212 g/mol. The Labute approximate surface area is 98.0 Å². The zero-order valence-corrected chi connectivity index (χ0v) is 10.3. The lowest BCUT2D eigenvalue weighted by Crippen LogP contribution is -2.29. The minimum Gasteiger partial charge on any atom is -0.383 e. The molecule has 0 radical (unpaired) electrons. The Bertz CT molecular complexity index is 170. The highest BCUT2D eigenvalue weighted by Crippen LogP contribution is 2.01. The van der Waals surface area contributed by atoms with E-state index in [1.165, 1.54) is 6.42 Å². The number of halogens is 1. The van der Waals surface area contributed by atoms with Gasteiger partial charge in [0.15, 0.2) is 0 Å². The maximum absolute atomic E-state index is 8.52. The lowest BCUT2D eigenvalue weighted by Gasteiger charge is -2.20. The van der Waals surface area contributed by atoms with Crippen molar-refractivity contribution in [1.29, 1.82) is 5.26 Å². The van der Waals surface area contributed by atoms with Crippen LogP contribution in [-0.4, -0.2) is 44.1 Å². The van der Waals surface area contributed by atoms with Crippen LogP contribution in [0.15, 0.2) is 0 Å². The van der Waals surface area contributed by atoms with Gasteiger partial charge in [-0.25, -0.2) is 0 Å². The molecule has 0 spiro atoms. The van der Waals surface area contributed by atoms with Crippen LogP contribution in [0.25, 0.3) is 0 Å². The summed E-state index contributed by atoms with van der Waals surface area (Å²) in [4.78, 5) is 2.28. The van der Waals surface area contributed by atoms with Crippen molar-refractivity contribution >= 4 is 11.6 Å². The van der Waals surface area contributed by atoms with Gasteiger partial charge in [0.2, 0.25) is 0 Å². The van der Waals surface area contributed by atoms with Crippen molar-refractivity contribution in [3.8, 4) is 6.07 Å². The summed E-state index contributed by atoms with van der Waals surface area (Å²) in [5.41, 5.74) is 0. The summed E-state index contributed by atoms with van der Waals surface area (Å²) >= 11 is 5.61. The summed E-state index contributed by atoms with van der Waals surface area (Å²) in [6.07, 6.45) is 4.00. The van der Waals surface area contributed by atoms with E-state index in [1.807, 2.05) is 0 Å². The minimum atomic E-state index is 0.596. The summed E-state index contributed by atoms with van der Waals surface area (Å²) < 4.78 is 5.03. The average Bonchev–Trinajstić information content (AvgIpc) is 2.27. The fourth-order valence-electron chi connectivity index (χ4n) is 1.37. The maximum atomic E-state index is 8.52. The molecular formula is C11H21ClN2O. The van der Waals surface area contributed by atoms with E-state index in [2.05, 4.69) is 11.0 Å². The third-order valence-corrected chi connectivity index (χ3v) is 2.53. The molecule has 4 heteroatoms. The lowest BCUT2D eigenvalue weighted by atomic mass is 10.2. The Morgan fingerprint density at radius 2 is 2.00 bits per heavy atom. The summed E-state index contributed by atoms with van der Waals surface area (Å²) in [5.74, 6) is 0.746. The number of hydrogen-bond donors (Lipinski definition) is 0. The molecule has 0 atom stereocenters. The zero-order valence-electron chi connectivity index (χ0n) is 9.54. The first-order valence-corrected chi connectivity index (χ1v) is 6.02. The second-order valence-electron chi connectivity index (χ2n) is 3.49. The van der Waals surface area contributed by atoms with E-state index in [4.69, 9.17) is 21.6 Å². The molecule has 15 heavy (non-hydrogen) atoms. The fraction of sp³-hybridized carbons (Fsp3) is 0.909. The lowest BCUT2D eigenvalue weighted by molar-refractivity contribution is 0.147. The second-order valence-corrected chi connectivity index (χ2v) is 3.87. The molecule has 0 aromatic carbocycles. The Balaban J connectivity index is 3.55. The zero-order chi connectivity index (χ0) is 11.4. The first-order valence-electron chi connectivity index (χ1n) is 5.49. The first-order chi connectivity index (χ1) is 7.35. The molecule has 0 aromatic heterocycles. The standard InChI is InChI=1S/C11H21ClN2O/c1-15-11-10-14(9-5-7-13)8-4-2-3-6-12/h2-6,8-11H2,1H3. The van der Waals surface area contributed by atoms with Crippen molar-refractivity contribution in [3.63, 3.8) is 0 Å². The molecule has 0 aromatic rings. The van der Waals surface area contributed by atoms with Crippen LogP contribution in [0.1, 0.15) is 25.7 Å². The maximum Gasteiger partial charge on any atom is 0.0635 e. The Hall–Kier alpha value is -0.300. The van der Waals surface area contributed by atoms with Gasteiger partial charge < -0.3 is 9.64 Å². The van der Waals surface area contributed by atoms with Crippen molar-refractivity contribution < 1.29 is 4.74 Å². The summed E-state index contributed by atoms with van der Waals surface area (Å²) in [5, 5.41) is 8.52. The van der Waals surface area contributed by atoms with Gasteiger partial charge in [0, 0.05) is 32.5 Å². The largest absolute Gasteiger partial charge is 0.383 e. The molecule has 0 heterocycles. The topological polar surface area (TPSA) is 36.3 Å². The van der Waals surface area contributed by atoms with Gasteiger partial charge in [-0.3, -0.25) is 0 Å². The van der Waals surface area contributed by atoms with Crippen molar-refractivity contribution in [1.82, 2.24) is 4.90 Å². The van der Waals surface area contributed by atoms with Gasteiger partial charge in [0.05, 0.1) is 12.7 Å². The Morgan fingerprint density at radius 1 is 1.20 bits per heavy atom. The van der Waals surface area contributed by atoms with E-state index in [0.29, 0.717) is 6.42 Å². The van der Waals surface area contributed by atoms with Crippen LogP contribution in [0, 0.1) is 11.3 Å². The third-order valence-electron chi connectivity index (χ3n) is 2.26. The minimum absolute atomic E-state index is 0.596. The molecule has 0 bridgehead atoms. The van der Waals surface area contributed by atoms with Gasteiger partial charge in [0.1, 0.15) is 0 Å². The molecule has 88 valence electrons. The highest BCUT2D eigenvalue weighted by Gasteiger charge is 2.03. The average molecular weight is 233 g/mol. The summed E-state index contributed by atoms with van der Waals surface area (Å²) in [6.45, 7) is 3.54. The number of unbranched alkanes of at least 4 members (excludes halogenated alkanes) is 2. The van der Waals surface area contributed by atoms with Crippen LogP contribution >= 0.6 is 11.6 Å². The van der Waals surface area contributed by atoms with Crippen LogP contribution in [0.3, 0.4) is 0 Å². The highest BCUT2D eigenvalue weighted by atomic mass is 35.5. The number of methoxy groups -OCH3 is 1. The van der Waals surface area contributed by atoms with Crippen molar-refractivity contribution in [3.05, 3.63) is 0 Å². The van der Waals surface area contributed by atoms with E-state index in [1.54, 1.807) is 7.11 Å². The number of rotatable bonds is 10. The SMILES string of the molecule is COCCN(CCC#N)CCCCCCl. The van der Waals surface area contributed by atoms with Gasteiger partial charge in [-0.1, -0.05) is 6.42 Å². The highest BCUT2D eigenvalue weighted by molar-refractivity contribution is 6.17. The van der Waals surface area contributed by atoms with Gasteiger partial charge >= 0.3 is 0 Å². The smallest absolute Gasteiger partial charge is 0.0635 e. The predicted octanol–water partition coefficient (Wildman–Crippen LogP) is 2.26. The van der Waals surface area contributed by atoms with Crippen LogP contribution in [0.2, 0.25) is 0 Å². The Kier molecular flexibility index (Phi) is 11.5. The monoisotopic (exact) mass is 232 g/mol. The first kappa shape index (κ1) is 14.7. The van der Waals surface area contributed by atoms with Crippen LogP contribution in [-0.2, 0) is 4.74 Å². The third kappa shape index (κ3) is 9.99. The molecule has 0 aliphatic carbocycles. The van der Waals surface area contributed by atoms with E-state index in [0.717, 1.165) is 45.0 Å². The van der Waals surface area contributed by atoms with E-state index in [-0.39, 0.29) is 0 Å². The molecule has 3 nitrogen and oxygen atoms in total. The summed E-state index contributed by atoms with van der Waals surface area (Å²) in [7, 11) is 1.70. The molecule has 0 fully saturated rings. The molecule has 0 saturated carbocycles. The molecule has 0 amide bonds. The number of hydrogen-bond acceptors (Lipinski definition) is 3. The number of nitrogens with zero attached hydrogens (tertiary/aromatic N) is 2.